The van der Waals surface area contributed by atoms with Gasteiger partial charge in [0, 0.05) is 24.5 Å². The first-order chi connectivity index (χ1) is 8.09. The Bertz CT molecular complexity index is 437. The zero-order chi connectivity index (χ0) is 12.3. The highest BCUT2D eigenvalue weighted by Gasteiger charge is 2.28. The summed E-state index contributed by atoms with van der Waals surface area (Å²) in [6.45, 7) is 4.99. The van der Waals surface area contributed by atoms with Crippen molar-refractivity contribution in [3.8, 4) is 6.07 Å². The molecule has 0 radical (unpaired) electrons. The van der Waals surface area contributed by atoms with E-state index < -0.39 is 0 Å². The van der Waals surface area contributed by atoms with Gasteiger partial charge in [0.15, 0.2) is 0 Å². The molecule has 1 atom stereocenters. The van der Waals surface area contributed by atoms with Gasteiger partial charge in [0.25, 0.3) is 0 Å². The Balaban J connectivity index is 2.03. The highest BCUT2D eigenvalue weighted by Crippen LogP contribution is 2.26. The second-order valence-electron chi connectivity index (χ2n) is 4.98. The number of nitriles is 1. The molecule has 0 aromatic carbocycles. The van der Waals surface area contributed by atoms with Crippen LogP contribution in [0.15, 0.2) is 18.3 Å². The third-order valence-electron chi connectivity index (χ3n) is 2.94. The number of nitrogens with one attached hydrogen (secondary N) is 1. The Labute approximate surface area is 102 Å². The van der Waals surface area contributed by atoms with Crippen LogP contribution in [-0.2, 0) is 4.74 Å². The molecule has 4 heteroatoms. The molecule has 1 aliphatic heterocycles. The topological polar surface area (TPSA) is 57.9 Å². The molecule has 0 amide bonds. The molecule has 1 aromatic heterocycles. The fourth-order valence-corrected chi connectivity index (χ4v) is 2.17. The summed E-state index contributed by atoms with van der Waals surface area (Å²) >= 11 is 0. The van der Waals surface area contributed by atoms with Crippen molar-refractivity contribution in [3.63, 3.8) is 0 Å². The van der Waals surface area contributed by atoms with Crippen LogP contribution in [0.25, 0.3) is 0 Å². The van der Waals surface area contributed by atoms with Crippen molar-refractivity contribution in [2.24, 2.45) is 0 Å². The van der Waals surface area contributed by atoms with Gasteiger partial charge in [0.1, 0.15) is 11.8 Å². The molecular formula is C13H17N3O. The summed E-state index contributed by atoms with van der Waals surface area (Å²) in [7, 11) is 0. The van der Waals surface area contributed by atoms with Crippen molar-refractivity contribution < 1.29 is 4.74 Å². The van der Waals surface area contributed by atoms with Crippen molar-refractivity contribution in [2.45, 2.75) is 38.3 Å². The van der Waals surface area contributed by atoms with Crippen LogP contribution in [0.5, 0.6) is 0 Å². The summed E-state index contributed by atoms with van der Waals surface area (Å²) in [6.07, 6.45) is 3.62. The Hall–Kier alpha value is -1.60. The number of rotatable bonds is 2. The monoisotopic (exact) mass is 231 g/mol. The lowest BCUT2D eigenvalue weighted by Crippen LogP contribution is -2.40. The molecular weight excluding hydrogens is 214 g/mol. The van der Waals surface area contributed by atoms with E-state index in [1.165, 1.54) is 0 Å². The first-order valence-corrected chi connectivity index (χ1v) is 5.86. The van der Waals surface area contributed by atoms with Crippen LogP contribution in [0.4, 0.5) is 5.69 Å². The van der Waals surface area contributed by atoms with Gasteiger partial charge in [0.05, 0.1) is 5.60 Å². The van der Waals surface area contributed by atoms with Crippen molar-refractivity contribution in [1.29, 1.82) is 5.26 Å². The molecule has 1 saturated heterocycles. The molecule has 0 bridgehead atoms. The molecule has 4 nitrogen and oxygen atoms in total. The van der Waals surface area contributed by atoms with Crippen molar-refractivity contribution in [2.75, 3.05) is 11.9 Å². The van der Waals surface area contributed by atoms with E-state index in [2.05, 4.69) is 24.1 Å². The number of anilines is 1. The summed E-state index contributed by atoms with van der Waals surface area (Å²) in [4.78, 5) is 3.95. The number of ether oxygens (including phenoxy) is 1. The van der Waals surface area contributed by atoms with E-state index in [1.54, 1.807) is 12.3 Å². The lowest BCUT2D eigenvalue weighted by Gasteiger charge is -2.36. The van der Waals surface area contributed by atoms with E-state index in [9.17, 15) is 0 Å². The quantitative estimate of drug-likeness (QED) is 0.848. The van der Waals surface area contributed by atoms with Crippen LogP contribution < -0.4 is 5.32 Å². The fourth-order valence-electron chi connectivity index (χ4n) is 2.17. The summed E-state index contributed by atoms with van der Waals surface area (Å²) in [6, 6.07) is 6.11. The molecule has 17 heavy (non-hydrogen) atoms. The fraction of sp³-hybridized carbons (Fsp3) is 0.538. The van der Waals surface area contributed by atoms with E-state index in [0.29, 0.717) is 11.7 Å². The van der Waals surface area contributed by atoms with Gasteiger partial charge in [-0.15, -0.1) is 0 Å². The zero-order valence-corrected chi connectivity index (χ0v) is 10.2. The lowest BCUT2D eigenvalue weighted by atomic mass is 9.94. The number of nitrogens with zero attached hydrogens (tertiary/aromatic N) is 2. The van der Waals surface area contributed by atoms with Gasteiger partial charge in [-0.3, -0.25) is 0 Å². The lowest BCUT2D eigenvalue weighted by molar-refractivity contribution is -0.0553. The van der Waals surface area contributed by atoms with Gasteiger partial charge in [-0.25, -0.2) is 4.98 Å². The van der Waals surface area contributed by atoms with Crippen molar-refractivity contribution >= 4 is 5.69 Å². The van der Waals surface area contributed by atoms with Crippen LogP contribution in [0.1, 0.15) is 32.4 Å². The first kappa shape index (κ1) is 11.9. The van der Waals surface area contributed by atoms with Crippen molar-refractivity contribution in [3.05, 3.63) is 24.0 Å². The van der Waals surface area contributed by atoms with E-state index in [0.717, 1.165) is 25.1 Å². The molecule has 2 rings (SSSR count). The van der Waals surface area contributed by atoms with E-state index in [4.69, 9.17) is 10.00 Å². The molecule has 1 N–H and O–H groups in total. The summed E-state index contributed by atoms with van der Waals surface area (Å²) in [5.74, 6) is 0. The van der Waals surface area contributed by atoms with E-state index in [-0.39, 0.29) is 5.60 Å². The second kappa shape index (κ2) is 4.72. The summed E-state index contributed by atoms with van der Waals surface area (Å²) in [5.41, 5.74) is 1.33. The number of pyridine rings is 1. The first-order valence-electron chi connectivity index (χ1n) is 5.86. The Morgan fingerprint density at radius 1 is 1.59 bits per heavy atom. The van der Waals surface area contributed by atoms with Gasteiger partial charge >= 0.3 is 0 Å². The average Bonchev–Trinajstić information content (AvgIpc) is 2.28. The number of hydrogen-bond donors (Lipinski definition) is 1. The molecule has 1 aliphatic rings. The standard InChI is InChI=1S/C13H17N3O/c1-13(2)8-11(4-6-17-13)16-10-3-5-15-12(7-10)9-14/h3,5,7,11H,4,6,8H2,1-2H3,(H,15,16). The summed E-state index contributed by atoms with van der Waals surface area (Å²) < 4.78 is 5.67. The Kier molecular flexibility index (Phi) is 3.30. The van der Waals surface area contributed by atoms with Gasteiger partial charge in [-0.2, -0.15) is 5.26 Å². The Morgan fingerprint density at radius 3 is 3.12 bits per heavy atom. The normalized spacial score (nSPS) is 22.8. The second-order valence-corrected chi connectivity index (χ2v) is 4.98. The highest BCUT2D eigenvalue weighted by atomic mass is 16.5. The van der Waals surface area contributed by atoms with Gasteiger partial charge in [-0.05, 0) is 38.8 Å². The Morgan fingerprint density at radius 2 is 2.41 bits per heavy atom. The molecule has 90 valence electrons. The minimum Gasteiger partial charge on any atom is -0.382 e. The van der Waals surface area contributed by atoms with Gasteiger partial charge in [0.2, 0.25) is 0 Å². The minimum atomic E-state index is -0.0684. The van der Waals surface area contributed by atoms with Crippen LogP contribution >= 0.6 is 0 Å². The largest absolute Gasteiger partial charge is 0.382 e. The molecule has 0 saturated carbocycles. The van der Waals surface area contributed by atoms with E-state index in [1.807, 2.05) is 12.1 Å². The number of aromatic nitrogens is 1. The molecule has 2 heterocycles. The third kappa shape index (κ3) is 3.18. The third-order valence-corrected chi connectivity index (χ3v) is 2.94. The minimum absolute atomic E-state index is 0.0684. The van der Waals surface area contributed by atoms with Gasteiger partial charge < -0.3 is 10.1 Å². The summed E-state index contributed by atoms with van der Waals surface area (Å²) in [5, 5.41) is 12.2. The SMILES string of the molecule is CC1(C)CC(Nc2ccnc(C#N)c2)CCO1. The predicted octanol–water partition coefficient (Wildman–Crippen LogP) is 2.32. The zero-order valence-electron chi connectivity index (χ0n) is 10.2. The molecule has 0 aliphatic carbocycles. The predicted molar refractivity (Wildman–Crippen MR) is 65.6 cm³/mol. The van der Waals surface area contributed by atoms with E-state index >= 15 is 0 Å². The van der Waals surface area contributed by atoms with Crippen LogP contribution in [-0.4, -0.2) is 23.2 Å². The average molecular weight is 231 g/mol. The maximum atomic E-state index is 8.79. The smallest absolute Gasteiger partial charge is 0.142 e. The number of hydrogen-bond acceptors (Lipinski definition) is 4. The maximum absolute atomic E-state index is 8.79. The molecule has 1 aromatic rings. The molecule has 0 spiro atoms. The van der Waals surface area contributed by atoms with Crippen LogP contribution in [0, 0.1) is 11.3 Å². The maximum Gasteiger partial charge on any atom is 0.142 e. The molecule has 1 unspecified atom stereocenters. The van der Waals surface area contributed by atoms with Gasteiger partial charge in [-0.1, -0.05) is 0 Å². The van der Waals surface area contributed by atoms with Crippen LogP contribution in [0.2, 0.25) is 0 Å². The molecule has 1 fully saturated rings. The van der Waals surface area contributed by atoms with Crippen LogP contribution in [0.3, 0.4) is 0 Å². The van der Waals surface area contributed by atoms with Crippen molar-refractivity contribution in [1.82, 2.24) is 4.98 Å². The highest BCUT2D eigenvalue weighted by molar-refractivity contribution is 5.46.